The van der Waals surface area contributed by atoms with E-state index in [0.717, 1.165) is 38.3 Å². The van der Waals surface area contributed by atoms with Crippen LogP contribution in [-0.4, -0.2) is 53.6 Å². The van der Waals surface area contributed by atoms with Gasteiger partial charge in [-0.1, -0.05) is 35.8 Å². The van der Waals surface area contributed by atoms with Crippen LogP contribution in [0, 0.1) is 0 Å². The molecule has 0 amide bonds. The van der Waals surface area contributed by atoms with E-state index in [1.54, 1.807) is 6.07 Å². The third-order valence-electron chi connectivity index (χ3n) is 3.86. The molecule has 0 spiro atoms. The maximum Gasteiger partial charge on any atom is 0.170 e. The highest BCUT2D eigenvalue weighted by molar-refractivity contribution is 6.31. The highest BCUT2D eigenvalue weighted by atomic mass is 35.5. The zero-order valence-electron chi connectivity index (χ0n) is 12.4. The molecule has 1 saturated heterocycles. The minimum atomic E-state index is 0.0802. The smallest absolute Gasteiger partial charge is 0.170 e. The minimum Gasteiger partial charge on any atom is -0.409 e. The van der Waals surface area contributed by atoms with Crippen LogP contribution in [0.4, 0.5) is 0 Å². The number of hydrogen-bond acceptors (Lipinski definition) is 4. The van der Waals surface area contributed by atoms with Gasteiger partial charge in [0.05, 0.1) is 0 Å². The van der Waals surface area contributed by atoms with Crippen molar-refractivity contribution in [2.24, 2.45) is 10.9 Å². The summed E-state index contributed by atoms with van der Waals surface area (Å²) in [5.41, 5.74) is 7.28. The van der Waals surface area contributed by atoms with Crippen LogP contribution in [0.3, 0.4) is 0 Å². The largest absolute Gasteiger partial charge is 0.409 e. The van der Waals surface area contributed by atoms with Gasteiger partial charge in [0.25, 0.3) is 0 Å². The molecule has 1 fully saturated rings. The van der Waals surface area contributed by atoms with Crippen LogP contribution >= 0.6 is 11.6 Å². The first kappa shape index (κ1) is 16.1. The first-order valence-corrected chi connectivity index (χ1v) is 7.73. The van der Waals surface area contributed by atoms with Crippen molar-refractivity contribution in [1.29, 1.82) is 0 Å². The van der Waals surface area contributed by atoms with Crippen molar-refractivity contribution in [2.45, 2.75) is 19.9 Å². The van der Waals surface area contributed by atoms with Gasteiger partial charge in [-0.2, -0.15) is 0 Å². The fourth-order valence-corrected chi connectivity index (χ4v) is 2.86. The number of hydrogen-bond donors (Lipinski definition) is 2. The van der Waals surface area contributed by atoms with Gasteiger partial charge in [0.2, 0.25) is 0 Å². The number of piperazine rings is 1. The second kappa shape index (κ2) is 7.64. The third kappa shape index (κ3) is 4.33. The predicted octanol–water partition coefficient (Wildman–Crippen LogP) is 1.96. The van der Waals surface area contributed by atoms with Crippen LogP contribution in [0.1, 0.15) is 24.5 Å². The number of halogens is 1. The van der Waals surface area contributed by atoms with E-state index < -0.39 is 0 Å². The molecule has 1 aliphatic rings. The van der Waals surface area contributed by atoms with E-state index in [9.17, 15) is 0 Å². The van der Waals surface area contributed by atoms with Crippen molar-refractivity contribution in [3.05, 3.63) is 34.3 Å². The topological polar surface area (TPSA) is 65.1 Å². The molecule has 6 heteroatoms. The Hall–Kier alpha value is -1.30. The zero-order chi connectivity index (χ0) is 15.2. The molecule has 21 heavy (non-hydrogen) atoms. The summed E-state index contributed by atoms with van der Waals surface area (Å²) in [7, 11) is 0. The van der Waals surface area contributed by atoms with Gasteiger partial charge in [-0.3, -0.25) is 4.90 Å². The Morgan fingerprint density at radius 3 is 2.52 bits per heavy atom. The Balaban J connectivity index is 1.95. The minimum absolute atomic E-state index is 0.0802. The number of amidine groups is 1. The van der Waals surface area contributed by atoms with Gasteiger partial charge in [0.15, 0.2) is 5.84 Å². The van der Waals surface area contributed by atoms with Gasteiger partial charge < -0.3 is 15.8 Å². The van der Waals surface area contributed by atoms with E-state index >= 15 is 0 Å². The molecule has 116 valence electrons. The normalized spacial score (nSPS) is 18.1. The lowest BCUT2D eigenvalue weighted by Crippen LogP contribution is -2.46. The Labute approximate surface area is 131 Å². The summed E-state index contributed by atoms with van der Waals surface area (Å²) in [6.07, 6.45) is 1.21. The van der Waals surface area contributed by atoms with Crippen LogP contribution < -0.4 is 5.73 Å². The van der Waals surface area contributed by atoms with Crippen LogP contribution in [0.25, 0.3) is 0 Å². The van der Waals surface area contributed by atoms with Gasteiger partial charge in [0.1, 0.15) is 0 Å². The molecular weight excluding hydrogens is 288 g/mol. The van der Waals surface area contributed by atoms with E-state index in [2.05, 4.69) is 21.9 Å². The van der Waals surface area contributed by atoms with Gasteiger partial charge in [-0.25, -0.2) is 0 Å². The molecule has 1 aromatic rings. The average Bonchev–Trinajstić information content (AvgIpc) is 2.50. The number of nitrogens with two attached hydrogens (primary N) is 1. The Morgan fingerprint density at radius 1 is 1.29 bits per heavy atom. The first-order valence-electron chi connectivity index (χ1n) is 7.35. The second-order valence-electron chi connectivity index (χ2n) is 5.41. The second-order valence-corrected chi connectivity index (χ2v) is 5.82. The van der Waals surface area contributed by atoms with E-state index in [4.69, 9.17) is 22.5 Å². The number of oxime groups is 1. The van der Waals surface area contributed by atoms with Gasteiger partial charge in [-0.05, 0) is 24.6 Å². The standard InChI is InChI=1S/C15H23ClN4O/c1-2-5-19-6-8-20(9-7-19)11-13-4-3-12(10-14(13)16)15(17)18-21/h3-4,10,21H,2,5-9,11H2,1H3,(H2,17,18). The van der Waals surface area contributed by atoms with Crippen LogP contribution in [0.2, 0.25) is 5.02 Å². The lowest BCUT2D eigenvalue weighted by atomic mass is 10.1. The Bertz CT molecular complexity index is 498. The lowest BCUT2D eigenvalue weighted by Gasteiger charge is -2.34. The molecule has 2 rings (SSSR count). The van der Waals surface area contributed by atoms with Gasteiger partial charge >= 0.3 is 0 Å². The maximum absolute atomic E-state index is 8.68. The molecule has 0 unspecified atom stereocenters. The molecule has 0 bridgehead atoms. The molecule has 5 nitrogen and oxygen atoms in total. The van der Waals surface area contributed by atoms with E-state index in [1.807, 2.05) is 12.1 Å². The third-order valence-corrected chi connectivity index (χ3v) is 4.21. The number of benzene rings is 1. The van der Waals surface area contributed by atoms with Crippen molar-refractivity contribution in [1.82, 2.24) is 9.80 Å². The molecule has 0 aromatic heterocycles. The van der Waals surface area contributed by atoms with Crippen molar-refractivity contribution in [3.8, 4) is 0 Å². The van der Waals surface area contributed by atoms with Crippen molar-refractivity contribution >= 4 is 17.4 Å². The monoisotopic (exact) mass is 310 g/mol. The average molecular weight is 311 g/mol. The molecule has 0 saturated carbocycles. The Morgan fingerprint density at radius 2 is 1.95 bits per heavy atom. The molecule has 1 heterocycles. The summed E-state index contributed by atoms with van der Waals surface area (Å²) >= 11 is 6.30. The lowest BCUT2D eigenvalue weighted by molar-refractivity contribution is 0.127. The summed E-state index contributed by atoms with van der Waals surface area (Å²) in [5, 5.41) is 12.3. The van der Waals surface area contributed by atoms with Crippen LogP contribution in [0.15, 0.2) is 23.4 Å². The first-order chi connectivity index (χ1) is 10.1. The van der Waals surface area contributed by atoms with Crippen molar-refractivity contribution < 1.29 is 5.21 Å². The summed E-state index contributed by atoms with van der Waals surface area (Å²) in [5.74, 6) is 0.0802. The summed E-state index contributed by atoms with van der Waals surface area (Å²) in [6.45, 7) is 8.62. The Kier molecular flexibility index (Phi) is 5.85. The number of nitrogens with zero attached hydrogens (tertiary/aromatic N) is 3. The molecular formula is C15H23ClN4O. The summed E-state index contributed by atoms with van der Waals surface area (Å²) in [4.78, 5) is 4.91. The predicted molar refractivity (Wildman–Crippen MR) is 86.0 cm³/mol. The molecule has 1 aromatic carbocycles. The summed E-state index contributed by atoms with van der Waals surface area (Å²) in [6, 6.07) is 5.54. The van der Waals surface area contributed by atoms with Crippen LogP contribution in [-0.2, 0) is 6.54 Å². The van der Waals surface area contributed by atoms with E-state index in [1.165, 1.54) is 13.0 Å². The van der Waals surface area contributed by atoms with Gasteiger partial charge in [-0.15, -0.1) is 0 Å². The fraction of sp³-hybridized carbons (Fsp3) is 0.533. The highest BCUT2D eigenvalue weighted by Gasteiger charge is 2.17. The van der Waals surface area contributed by atoms with Crippen molar-refractivity contribution in [2.75, 3.05) is 32.7 Å². The van der Waals surface area contributed by atoms with E-state index in [-0.39, 0.29) is 5.84 Å². The van der Waals surface area contributed by atoms with Crippen molar-refractivity contribution in [3.63, 3.8) is 0 Å². The van der Waals surface area contributed by atoms with Crippen LogP contribution in [0.5, 0.6) is 0 Å². The SMILES string of the molecule is CCCN1CCN(Cc2ccc(/C(N)=N/O)cc2Cl)CC1. The summed E-state index contributed by atoms with van der Waals surface area (Å²) < 4.78 is 0. The fourth-order valence-electron chi connectivity index (χ4n) is 2.62. The quantitative estimate of drug-likeness (QED) is 0.378. The maximum atomic E-state index is 8.68. The zero-order valence-corrected chi connectivity index (χ0v) is 13.2. The molecule has 3 N–H and O–H groups in total. The molecule has 0 radical (unpaired) electrons. The highest BCUT2D eigenvalue weighted by Crippen LogP contribution is 2.20. The van der Waals surface area contributed by atoms with Gasteiger partial charge in [0, 0.05) is 43.3 Å². The number of rotatable bonds is 5. The molecule has 0 aliphatic carbocycles. The molecule has 0 atom stereocenters. The van der Waals surface area contributed by atoms with E-state index in [0.29, 0.717) is 10.6 Å². The molecule has 1 aliphatic heterocycles.